The van der Waals surface area contributed by atoms with Crippen LogP contribution in [0.5, 0.6) is 0 Å². The maximum absolute atomic E-state index is 13.1. The van der Waals surface area contributed by atoms with Crippen molar-refractivity contribution in [2.75, 3.05) is 11.1 Å². The molecule has 0 bridgehead atoms. The summed E-state index contributed by atoms with van der Waals surface area (Å²) in [5.41, 5.74) is 0.175. The van der Waals surface area contributed by atoms with E-state index >= 15 is 0 Å². The van der Waals surface area contributed by atoms with Gasteiger partial charge in [0.15, 0.2) is 0 Å². The lowest BCUT2D eigenvalue weighted by Gasteiger charge is -2.13. The number of nitrogens with one attached hydrogen (secondary N) is 1. The molecule has 5 heteroatoms. The standard InChI is InChI=1S/C9H10FNO2S/c10-6-3-1-2-4-7(6)11-8(5-14)9(12)13/h1-4,8,11,14H,5H2,(H,12,13). The van der Waals surface area contributed by atoms with Crippen LogP contribution in [0, 0.1) is 5.82 Å². The van der Waals surface area contributed by atoms with Gasteiger partial charge in [0.1, 0.15) is 11.9 Å². The van der Waals surface area contributed by atoms with Gasteiger partial charge in [-0.25, -0.2) is 9.18 Å². The third-order valence-electron chi connectivity index (χ3n) is 1.68. The van der Waals surface area contributed by atoms with E-state index in [0.717, 1.165) is 0 Å². The van der Waals surface area contributed by atoms with Gasteiger partial charge in [-0.05, 0) is 12.1 Å². The Hall–Kier alpha value is -1.23. The molecule has 0 spiro atoms. The first-order chi connectivity index (χ1) is 6.65. The van der Waals surface area contributed by atoms with Crippen LogP contribution in [0.25, 0.3) is 0 Å². The van der Waals surface area contributed by atoms with Crippen molar-refractivity contribution < 1.29 is 14.3 Å². The van der Waals surface area contributed by atoms with E-state index in [9.17, 15) is 9.18 Å². The Morgan fingerprint density at radius 1 is 1.57 bits per heavy atom. The number of thiol groups is 1. The third-order valence-corrected chi connectivity index (χ3v) is 2.05. The summed E-state index contributed by atoms with van der Waals surface area (Å²) in [6.45, 7) is 0. The molecule has 1 atom stereocenters. The van der Waals surface area contributed by atoms with E-state index in [-0.39, 0.29) is 11.4 Å². The number of rotatable bonds is 4. The molecule has 1 rings (SSSR count). The number of hydrogen-bond acceptors (Lipinski definition) is 3. The maximum atomic E-state index is 13.1. The normalized spacial score (nSPS) is 12.1. The van der Waals surface area contributed by atoms with Gasteiger partial charge < -0.3 is 10.4 Å². The van der Waals surface area contributed by atoms with Gasteiger partial charge in [-0.1, -0.05) is 12.1 Å². The first-order valence-corrected chi connectivity index (χ1v) is 4.63. The molecule has 0 aliphatic rings. The second kappa shape index (κ2) is 4.85. The van der Waals surface area contributed by atoms with Crippen molar-refractivity contribution >= 4 is 24.3 Å². The molecule has 76 valence electrons. The highest BCUT2D eigenvalue weighted by molar-refractivity contribution is 7.80. The fourth-order valence-electron chi connectivity index (χ4n) is 0.951. The van der Waals surface area contributed by atoms with E-state index in [1.54, 1.807) is 6.07 Å². The minimum absolute atomic E-state index is 0.101. The van der Waals surface area contributed by atoms with Gasteiger partial charge in [-0.3, -0.25) is 0 Å². The average molecular weight is 215 g/mol. The summed E-state index contributed by atoms with van der Waals surface area (Å²) < 4.78 is 13.1. The van der Waals surface area contributed by atoms with Gasteiger partial charge in [0, 0.05) is 5.75 Å². The Morgan fingerprint density at radius 3 is 2.71 bits per heavy atom. The van der Waals surface area contributed by atoms with Crippen molar-refractivity contribution in [3.05, 3.63) is 30.1 Å². The van der Waals surface area contributed by atoms with Crippen molar-refractivity contribution in [1.82, 2.24) is 0 Å². The zero-order chi connectivity index (χ0) is 10.6. The van der Waals surface area contributed by atoms with Crippen molar-refractivity contribution in [2.24, 2.45) is 0 Å². The Balaban J connectivity index is 2.77. The lowest BCUT2D eigenvalue weighted by Crippen LogP contribution is -2.31. The SMILES string of the molecule is O=C(O)C(CS)Nc1ccccc1F. The third kappa shape index (κ3) is 2.63. The molecule has 0 heterocycles. The zero-order valence-electron chi connectivity index (χ0n) is 7.27. The van der Waals surface area contributed by atoms with Crippen LogP contribution in [0.1, 0.15) is 0 Å². The molecule has 1 aromatic carbocycles. The molecule has 2 N–H and O–H groups in total. The number of anilines is 1. The van der Waals surface area contributed by atoms with E-state index in [4.69, 9.17) is 5.11 Å². The van der Waals surface area contributed by atoms with Crippen molar-refractivity contribution in [3.8, 4) is 0 Å². The van der Waals surface area contributed by atoms with Gasteiger partial charge in [0.05, 0.1) is 5.69 Å². The molecule has 1 aromatic rings. The quantitative estimate of drug-likeness (QED) is 0.669. The van der Waals surface area contributed by atoms with Crippen LogP contribution >= 0.6 is 12.6 Å². The Kier molecular flexibility index (Phi) is 3.76. The molecule has 3 nitrogen and oxygen atoms in total. The molecule has 14 heavy (non-hydrogen) atoms. The number of carboxylic acids is 1. The highest BCUT2D eigenvalue weighted by atomic mass is 32.1. The molecule has 0 fully saturated rings. The van der Waals surface area contributed by atoms with E-state index in [0.29, 0.717) is 0 Å². The lowest BCUT2D eigenvalue weighted by molar-refractivity contribution is -0.137. The lowest BCUT2D eigenvalue weighted by atomic mass is 10.2. The highest BCUT2D eigenvalue weighted by Gasteiger charge is 2.15. The molecule has 0 saturated heterocycles. The molecular formula is C9H10FNO2S. The number of hydrogen-bond donors (Lipinski definition) is 3. The smallest absolute Gasteiger partial charge is 0.326 e. The van der Waals surface area contributed by atoms with Crippen LogP contribution in [0.4, 0.5) is 10.1 Å². The molecular weight excluding hydrogens is 205 g/mol. The van der Waals surface area contributed by atoms with Crippen LogP contribution < -0.4 is 5.32 Å². The molecule has 0 radical (unpaired) electrons. The summed E-state index contributed by atoms with van der Waals surface area (Å²) in [7, 11) is 0. The Bertz CT molecular complexity index is 332. The fourth-order valence-corrected chi connectivity index (χ4v) is 1.20. The first-order valence-electron chi connectivity index (χ1n) is 4.00. The molecule has 0 amide bonds. The van der Waals surface area contributed by atoms with Crippen LogP contribution in [-0.4, -0.2) is 22.9 Å². The number of carbonyl (C=O) groups is 1. The van der Waals surface area contributed by atoms with Crippen LogP contribution in [0.15, 0.2) is 24.3 Å². The van der Waals surface area contributed by atoms with Gasteiger partial charge in [-0.2, -0.15) is 12.6 Å². The number of aliphatic carboxylic acids is 1. The number of para-hydroxylation sites is 1. The predicted molar refractivity (Wildman–Crippen MR) is 55.3 cm³/mol. The van der Waals surface area contributed by atoms with Gasteiger partial charge in [0.25, 0.3) is 0 Å². The molecule has 0 aromatic heterocycles. The summed E-state index contributed by atoms with van der Waals surface area (Å²) in [4.78, 5) is 10.6. The molecule has 1 unspecified atom stereocenters. The largest absolute Gasteiger partial charge is 0.480 e. The van der Waals surface area contributed by atoms with Crippen LogP contribution in [0.2, 0.25) is 0 Å². The topological polar surface area (TPSA) is 49.3 Å². The summed E-state index contributed by atoms with van der Waals surface area (Å²) in [6, 6.07) is 5.03. The van der Waals surface area contributed by atoms with Gasteiger partial charge >= 0.3 is 5.97 Å². The molecule has 0 aliphatic heterocycles. The molecule has 0 saturated carbocycles. The van der Waals surface area contributed by atoms with Crippen molar-refractivity contribution in [1.29, 1.82) is 0 Å². The van der Waals surface area contributed by atoms with E-state index in [2.05, 4.69) is 17.9 Å². The van der Waals surface area contributed by atoms with Gasteiger partial charge in [-0.15, -0.1) is 0 Å². The van der Waals surface area contributed by atoms with E-state index < -0.39 is 17.8 Å². The van der Waals surface area contributed by atoms with Crippen molar-refractivity contribution in [2.45, 2.75) is 6.04 Å². The fraction of sp³-hybridized carbons (Fsp3) is 0.222. The number of halogens is 1. The van der Waals surface area contributed by atoms with E-state index in [1.807, 2.05) is 0 Å². The Labute approximate surface area is 86.4 Å². The van der Waals surface area contributed by atoms with Crippen molar-refractivity contribution in [3.63, 3.8) is 0 Å². The Morgan fingerprint density at radius 2 is 2.21 bits per heavy atom. The minimum Gasteiger partial charge on any atom is -0.480 e. The predicted octanol–water partition coefficient (Wildman–Crippen LogP) is 1.62. The van der Waals surface area contributed by atoms with Crippen LogP contribution in [0.3, 0.4) is 0 Å². The zero-order valence-corrected chi connectivity index (χ0v) is 8.17. The molecule has 0 aliphatic carbocycles. The average Bonchev–Trinajstić information content (AvgIpc) is 2.16. The second-order valence-electron chi connectivity index (χ2n) is 2.70. The summed E-state index contributed by atoms with van der Waals surface area (Å²) in [6.07, 6.45) is 0. The second-order valence-corrected chi connectivity index (χ2v) is 3.06. The van der Waals surface area contributed by atoms with Gasteiger partial charge in [0.2, 0.25) is 0 Å². The number of benzene rings is 1. The summed E-state index contributed by atoms with van der Waals surface area (Å²) >= 11 is 3.85. The maximum Gasteiger partial charge on any atom is 0.326 e. The van der Waals surface area contributed by atoms with E-state index in [1.165, 1.54) is 18.2 Å². The first kappa shape index (κ1) is 10.8. The number of carboxylic acid groups (broad SMARTS) is 1. The minimum atomic E-state index is -1.05. The highest BCUT2D eigenvalue weighted by Crippen LogP contribution is 2.13. The van der Waals surface area contributed by atoms with Crippen LogP contribution in [-0.2, 0) is 4.79 Å². The monoisotopic (exact) mass is 215 g/mol. The summed E-state index contributed by atoms with van der Waals surface area (Å²) in [5, 5.41) is 11.2. The summed E-state index contributed by atoms with van der Waals surface area (Å²) in [5.74, 6) is -1.42.